The number of fused-ring (bicyclic) bond motifs is 1. The molecule has 1 aliphatic heterocycles. The maximum Gasteiger partial charge on any atom is 0.238 e. The molecule has 3 heteroatoms. The van der Waals surface area contributed by atoms with Gasteiger partial charge in [-0.2, -0.15) is 0 Å². The van der Waals surface area contributed by atoms with E-state index in [9.17, 15) is 5.11 Å². The van der Waals surface area contributed by atoms with Crippen molar-refractivity contribution in [3.63, 3.8) is 0 Å². The molecule has 0 saturated heterocycles. The Bertz CT molecular complexity index is 333. The van der Waals surface area contributed by atoms with Crippen LogP contribution in [0.2, 0.25) is 0 Å². The third-order valence-electron chi connectivity index (χ3n) is 1.76. The molecule has 3 nitrogen and oxygen atoms in total. The smallest absolute Gasteiger partial charge is 0.238 e. The van der Waals surface area contributed by atoms with Crippen LogP contribution < -0.4 is 10.5 Å². The fourth-order valence-corrected chi connectivity index (χ4v) is 1.15. The van der Waals surface area contributed by atoms with Gasteiger partial charge in [0.15, 0.2) is 0 Å². The zero-order valence-electron chi connectivity index (χ0n) is 6.40. The Labute approximate surface area is 70.1 Å². The minimum atomic E-state index is -1.00. The molecule has 2 rings (SSSR count). The minimum Gasteiger partial charge on any atom is -0.459 e. The second-order valence-electron chi connectivity index (χ2n) is 2.65. The number of rotatable bonds is 0. The van der Waals surface area contributed by atoms with Crippen molar-refractivity contribution in [2.75, 3.05) is 0 Å². The normalized spacial score (nSPS) is 20.8. The van der Waals surface area contributed by atoms with E-state index in [1.54, 1.807) is 12.1 Å². The van der Waals surface area contributed by atoms with Crippen LogP contribution in [0.25, 0.3) is 6.08 Å². The number of aliphatic hydroxyl groups is 1. The molecule has 1 unspecified atom stereocenters. The third-order valence-corrected chi connectivity index (χ3v) is 1.76. The SMILES string of the molecule is NC1=Cc2ccccc2OC1O. The Kier molecular flexibility index (Phi) is 1.52. The molecule has 1 aromatic carbocycles. The monoisotopic (exact) mass is 163 g/mol. The molecule has 0 aromatic heterocycles. The maximum atomic E-state index is 9.21. The molecule has 3 N–H and O–H groups in total. The van der Waals surface area contributed by atoms with Crippen molar-refractivity contribution < 1.29 is 9.84 Å². The zero-order chi connectivity index (χ0) is 8.55. The van der Waals surface area contributed by atoms with Gasteiger partial charge in [-0.1, -0.05) is 18.2 Å². The quantitative estimate of drug-likeness (QED) is 0.591. The second-order valence-corrected chi connectivity index (χ2v) is 2.65. The fourth-order valence-electron chi connectivity index (χ4n) is 1.15. The average molecular weight is 163 g/mol. The summed E-state index contributed by atoms with van der Waals surface area (Å²) in [7, 11) is 0. The molecule has 1 heterocycles. The highest BCUT2D eigenvalue weighted by Gasteiger charge is 2.16. The molecule has 0 bridgehead atoms. The van der Waals surface area contributed by atoms with Crippen LogP contribution in [0, 0.1) is 0 Å². The second kappa shape index (κ2) is 2.53. The van der Waals surface area contributed by atoms with Gasteiger partial charge in [-0.3, -0.25) is 0 Å². The van der Waals surface area contributed by atoms with E-state index < -0.39 is 6.29 Å². The zero-order valence-corrected chi connectivity index (χ0v) is 6.40. The summed E-state index contributed by atoms with van der Waals surface area (Å²) < 4.78 is 5.11. The van der Waals surface area contributed by atoms with Crippen LogP contribution in [-0.4, -0.2) is 11.4 Å². The van der Waals surface area contributed by atoms with Gasteiger partial charge in [0.25, 0.3) is 0 Å². The lowest BCUT2D eigenvalue weighted by atomic mass is 10.1. The molecule has 1 aromatic rings. The average Bonchev–Trinajstić information content (AvgIpc) is 2.07. The maximum absolute atomic E-state index is 9.21. The predicted molar refractivity (Wildman–Crippen MR) is 45.2 cm³/mol. The van der Waals surface area contributed by atoms with Crippen LogP contribution in [0.4, 0.5) is 0 Å². The highest BCUT2D eigenvalue weighted by Crippen LogP contribution is 2.26. The van der Waals surface area contributed by atoms with E-state index in [1.807, 2.05) is 18.2 Å². The molecule has 62 valence electrons. The van der Waals surface area contributed by atoms with Crippen LogP contribution in [0.5, 0.6) is 5.75 Å². The van der Waals surface area contributed by atoms with Crippen LogP contribution >= 0.6 is 0 Å². The summed E-state index contributed by atoms with van der Waals surface area (Å²) in [4.78, 5) is 0. The Hall–Kier alpha value is -1.48. The van der Waals surface area contributed by atoms with Crippen LogP contribution in [0.1, 0.15) is 5.56 Å². The Morgan fingerprint density at radius 3 is 2.92 bits per heavy atom. The number of para-hydroxylation sites is 1. The summed E-state index contributed by atoms with van der Waals surface area (Å²) in [5, 5.41) is 9.21. The number of nitrogens with two attached hydrogens (primary N) is 1. The van der Waals surface area contributed by atoms with E-state index in [0.29, 0.717) is 11.4 Å². The van der Waals surface area contributed by atoms with Gasteiger partial charge in [0.05, 0.1) is 5.70 Å². The molecule has 12 heavy (non-hydrogen) atoms. The van der Waals surface area contributed by atoms with Crippen molar-refractivity contribution in [1.82, 2.24) is 0 Å². The molecule has 0 spiro atoms. The van der Waals surface area contributed by atoms with Crippen LogP contribution in [-0.2, 0) is 0 Å². The molecule has 1 atom stereocenters. The van der Waals surface area contributed by atoms with Gasteiger partial charge in [-0.15, -0.1) is 0 Å². The van der Waals surface area contributed by atoms with Crippen molar-refractivity contribution in [3.8, 4) is 5.75 Å². The first kappa shape index (κ1) is 7.18. The topological polar surface area (TPSA) is 55.5 Å². The summed E-state index contributed by atoms with van der Waals surface area (Å²) in [6.07, 6.45) is 0.712. The molecular formula is C9H9NO2. The molecule has 1 aliphatic rings. The molecule has 0 amide bonds. The van der Waals surface area contributed by atoms with Crippen molar-refractivity contribution in [2.45, 2.75) is 6.29 Å². The van der Waals surface area contributed by atoms with Gasteiger partial charge in [-0.05, 0) is 12.1 Å². The van der Waals surface area contributed by atoms with Gasteiger partial charge in [-0.25, -0.2) is 0 Å². The number of hydrogen-bond acceptors (Lipinski definition) is 3. The van der Waals surface area contributed by atoms with Crippen molar-refractivity contribution in [1.29, 1.82) is 0 Å². The first-order chi connectivity index (χ1) is 5.77. The highest BCUT2D eigenvalue weighted by atomic mass is 16.6. The molecule has 0 saturated carbocycles. The first-order valence-electron chi connectivity index (χ1n) is 3.68. The third kappa shape index (κ3) is 1.04. The largest absolute Gasteiger partial charge is 0.459 e. The van der Waals surface area contributed by atoms with Gasteiger partial charge in [0.2, 0.25) is 6.29 Å². The van der Waals surface area contributed by atoms with E-state index in [1.165, 1.54) is 0 Å². The summed E-state index contributed by atoms with van der Waals surface area (Å²) in [5.74, 6) is 0.666. The Balaban J connectivity index is 2.49. The lowest BCUT2D eigenvalue weighted by Gasteiger charge is -2.20. The van der Waals surface area contributed by atoms with Crippen LogP contribution in [0.15, 0.2) is 30.0 Å². The number of aliphatic hydroxyl groups excluding tert-OH is 1. The lowest BCUT2D eigenvalue weighted by molar-refractivity contribution is 0.0117. The van der Waals surface area contributed by atoms with E-state index in [4.69, 9.17) is 10.5 Å². The lowest BCUT2D eigenvalue weighted by Crippen LogP contribution is -2.26. The fraction of sp³-hybridized carbons (Fsp3) is 0.111. The summed E-state index contributed by atoms with van der Waals surface area (Å²) >= 11 is 0. The summed E-state index contributed by atoms with van der Waals surface area (Å²) in [5.41, 5.74) is 6.72. The molecule has 0 aliphatic carbocycles. The van der Waals surface area contributed by atoms with Crippen molar-refractivity contribution >= 4 is 6.08 Å². The summed E-state index contributed by atoms with van der Waals surface area (Å²) in [6, 6.07) is 7.42. The van der Waals surface area contributed by atoms with E-state index >= 15 is 0 Å². The molecular weight excluding hydrogens is 154 g/mol. The van der Waals surface area contributed by atoms with E-state index in [2.05, 4.69) is 0 Å². The number of benzene rings is 1. The number of ether oxygens (including phenoxy) is 1. The highest BCUT2D eigenvalue weighted by molar-refractivity contribution is 5.61. The minimum absolute atomic E-state index is 0.341. The standard InChI is InChI=1S/C9H9NO2/c10-7-5-6-3-1-2-4-8(6)12-9(7)11/h1-5,9,11H,10H2. The first-order valence-corrected chi connectivity index (χ1v) is 3.68. The summed E-state index contributed by atoms with van der Waals surface area (Å²) in [6.45, 7) is 0. The molecule has 0 fully saturated rings. The predicted octanol–water partition coefficient (Wildman–Crippen LogP) is 0.697. The molecule has 0 radical (unpaired) electrons. The Morgan fingerprint density at radius 2 is 2.08 bits per heavy atom. The van der Waals surface area contributed by atoms with Gasteiger partial charge in [0, 0.05) is 5.56 Å². The number of hydrogen-bond donors (Lipinski definition) is 2. The van der Waals surface area contributed by atoms with Crippen molar-refractivity contribution in [2.24, 2.45) is 5.73 Å². The van der Waals surface area contributed by atoms with E-state index in [-0.39, 0.29) is 0 Å². The van der Waals surface area contributed by atoms with Crippen LogP contribution in [0.3, 0.4) is 0 Å². The van der Waals surface area contributed by atoms with E-state index in [0.717, 1.165) is 5.56 Å². The van der Waals surface area contributed by atoms with Crippen molar-refractivity contribution in [3.05, 3.63) is 35.5 Å². The van der Waals surface area contributed by atoms with Gasteiger partial charge in [0.1, 0.15) is 5.75 Å². The van der Waals surface area contributed by atoms with Gasteiger partial charge >= 0.3 is 0 Å². The van der Waals surface area contributed by atoms with Gasteiger partial charge < -0.3 is 15.6 Å². The Morgan fingerprint density at radius 1 is 1.33 bits per heavy atom.